The van der Waals surface area contributed by atoms with Crippen LogP contribution in [0.5, 0.6) is 0 Å². The molecule has 1 nitrogen and oxygen atoms in total. The molecule has 1 heteroatoms. The lowest BCUT2D eigenvalue weighted by Crippen LogP contribution is -1.93. The van der Waals surface area contributed by atoms with Gasteiger partial charge in [0.15, 0.2) is 0 Å². The second-order valence-corrected chi connectivity index (χ2v) is 5.16. The van der Waals surface area contributed by atoms with Crippen molar-refractivity contribution in [3.63, 3.8) is 0 Å². The molecule has 0 N–H and O–H groups in total. The zero-order chi connectivity index (χ0) is 14.1. The van der Waals surface area contributed by atoms with Gasteiger partial charge < -0.3 is 0 Å². The summed E-state index contributed by atoms with van der Waals surface area (Å²) < 4.78 is 0. The largest absolute Gasteiger partial charge is 0.300 e. The smallest absolute Gasteiger partial charge is 0.132 e. The van der Waals surface area contributed by atoms with Crippen molar-refractivity contribution in [3.8, 4) is 0 Å². The van der Waals surface area contributed by atoms with Gasteiger partial charge in [0.2, 0.25) is 0 Å². The van der Waals surface area contributed by atoms with Crippen LogP contribution in [0.25, 0.3) is 0 Å². The number of carbonyl (C=O) groups excluding carboxylic acids is 1. The molecule has 0 saturated heterocycles. The Morgan fingerprint density at radius 2 is 0.889 bits per heavy atom. The molecular formula is C17H36O. The molecule has 110 valence electrons. The highest BCUT2D eigenvalue weighted by Crippen LogP contribution is 2.07. The van der Waals surface area contributed by atoms with Gasteiger partial charge in [0, 0.05) is 12.8 Å². The average molecular weight is 256 g/mol. The van der Waals surface area contributed by atoms with Gasteiger partial charge >= 0.3 is 0 Å². The van der Waals surface area contributed by atoms with Gasteiger partial charge in [0.05, 0.1) is 0 Å². The number of unbranched alkanes of at least 4 members (excludes halogenated alkanes) is 7. The van der Waals surface area contributed by atoms with Crippen LogP contribution < -0.4 is 0 Å². The molecule has 0 aliphatic carbocycles. The first-order valence-electron chi connectivity index (χ1n) is 8.24. The van der Waals surface area contributed by atoms with Gasteiger partial charge in [-0.05, 0) is 12.8 Å². The topological polar surface area (TPSA) is 17.1 Å². The van der Waals surface area contributed by atoms with Crippen molar-refractivity contribution in [3.05, 3.63) is 0 Å². The lowest BCUT2D eigenvalue weighted by molar-refractivity contribution is -0.119. The second kappa shape index (κ2) is 19.0. The minimum atomic E-state index is 0.412. The summed E-state index contributed by atoms with van der Waals surface area (Å²) in [6, 6.07) is 0. The molecule has 0 fully saturated rings. The van der Waals surface area contributed by atoms with Crippen LogP contribution in [0.1, 0.15) is 105 Å². The van der Waals surface area contributed by atoms with E-state index in [0.717, 1.165) is 25.7 Å². The standard InChI is InChI=1S/C10H22.C7H14O/c1-3-5-7-9-10-8-6-4-2;1-3-5-7(8)6-4-2/h3-10H2,1-2H3;3-6H2,1-2H3. The van der Waals surface area contributed by atoms with Crippen LogP contribution in [-0.2, 0) is 4.79 Å². The summed E-state index contributed by atoms with van der Waals surface area (Å²) in [5.74, 6) is 0.412. The lowest BCUT2D eigenvalue weighted by atomic mass is 10.1. The van der Waals surface area contributed by atoms with E-state index in [0.29, 0.717) is 5.78 Å². The highest BCUT2D eigenvalue weighted by atomic mass is 16.1. The van der Waals surface area contributed by atoms with Crippen molar-refractivity contribution in [2.45, 2.75) is 105 Å². The number of hydrogen-bond acceptors (Lipinski definition) is 1. The minimum absolute atomic E-state index is 0.412. The Labute approximate surface area is 116 Å². The zero-order valence-corrected chi connectivity index (χ0v) is 13.4. The predicted molar refractivity (Wildman–Crippen MR) is 83.1 cm³/mol. The van der Waals surface area contributed by atoms with Gasteiger partial charge in [-0.2, -0.15) is 0 Å². The summed E-state index contributed by atoms with van der Waals surface area (Å²) in [7, 11) is 0. The molecule has 0 atom stereocenters. The maximum atomic E-state index is 10.6. The molecule has 0 saturated carbocycles. The number of Topliss-reactive ketones (excluding diaryl/α,β-unsaturated/α-hetero) is 1. The number of ketones is 1. The fourth-order valence-corrected chi connectivity index (χ4v) is 1.89. The first-order valence-corrected chi connectivity index (χ1v) is 8.24. The van der Waals surface area contributed by atoms with E-state index in [-0.39, 0.29) is 0 Å². The van der Waals surface area contributed by atoms with E-state index in [2.05, 4.69) is 13.8 Å². The first kappa shape index (κ1) is 20.0. The fourth-order valence-electron chi connectivity index (χ4n) is 1.89. The van der Waals surface area contributed by atoms with Crippen LogP contribution in [0.3, 0.4) is 0 Å². The SMILES string of the molecule is CCCC(=O)CCC.CCCCCCCCCC. The molecule has 0 heterocycles. The van der Waals surface area contributed by atoms with Crippen molar-refractivity contribution >= 4 is 5.78 Å². The summed E-state index contributed by atoms with van der Waals surface area (Å²) in [6.07, 6.45) is 15.0. The van der Waals surface area contributed by atoms with Gasteiger partial charge in [-0.15, -0.1) is 0 Å². The number of rotatable bonds is 11. The van der Waals surface area contributed by atoms with Gasteiger partial charge in [-0.3, -0.25) is 4.79 Å². The van der Waals surface area contributed by atoms with Crippen LogP contribution in [0.4, 0.5) is 0 Å². The normalized spacial score (nSPS) is 9.78. The molecule has 0 unspecified atom stereocenters. The zero-order valence-electron chi connectivity index (χ0n) is 13.4. The molecule has 0 aliphatic heterocycles. The molecule has 0 aromatic rings. The summed E-state index contributed by atoms with van der Waals surface area (Å²) in [5, 5.41) is 0. The average Bonchev–Trinajstić information content (AvgIpc) is 2.35. The second-order valence-electron chi connectivity index (χ2n) is 5.16. The number of carbonyl (C=O) groups is 1. The molecule has 0 aromatic carbocycles. The minimum Gasteiger partial charge on any atom is -0.300 e. The third-order valence-electron chi connectivity index (χ3n) is 3.01. The van der Waals surface area contributed by atoms with E-state index < -0.39 is 0 Å². The van der Waals surface area contributed by atoms with Crippen LogP contribution in [0.2, 0.25) is 0 Å². The highest BCUT2D eigenvalue weighted by molar-refractivity contribution is 5.78. The predicted octanol–water partition coefficient (Wildman–Crippen LogP) is 6.30. The van der Waals surface area contributed by atoms with Crippen LogP contribution in [0, 0.1) is 0 Å². The highest BCUT2D eigenvalue weighted by Gasteiger charge is 1.94. The molecule has 0 spiro atoms. The lowest BCUT2D eigenvalue weighted by Gasteiger charge is -1.97. The Bertz CT molecular complexity index is 136. The Morgan fingerprint density at radius 3 is 1.17 bits per heavy atom. The van der Waals surface area contributed by atoms with E-state index >= 15 is 0 Å². The van der Waals surface area contributed by atoms with Gasteiger partial charge in [-0.1, -0.05) is 79.1 Å². The third kappa shape index (κ3) is 21.0. The maximum absolute atomic E-state index is 10.6. The molecule has 0 radical (unpaired) electrons. The van der Waals surface area contributed by atoms with E-state index in [9.17, 15) is 4.79 Å². The Morgan fingerprint density at radius 1 is 0.556 bits per heavy atom. The molecule has 0 bridgehead atoms. The molecule has 0 amide bonds. The summed E-state index contributed by atoms with van der Waals surface area (Å²) in [5.41, 5.74) is 0. The quantitative estimate of drug-likeness (QED) is 0.396. The van der Waals surface area contributed by atoms with Gasteiger partial charge in [0.25, 0.3) is 0 Å². The monoisotopic (exact) mass is 256 g/mol. The van der Waals surface area contributed by atoms with E-state index in [1.165, 1.54) is 51.4 Å². The maximum Gasteiger partial charge on any atom is 0.132 e. The van der Waals surface area contributed by atoms with Crippen molar-refractivity contribution in [2.75, 3.05) is 0 Å². The fraction of sp³-hybridized carbons (Fsp3) is 0.941. The molecule has 0 aliphatic rings. The van der Waals surface area contributed by atoms with Crippen molar-refractivity contribution in [2.24, 2.45) is 0 Å². The van der Waals surface area contributed by atoms with Crippen molar-refractivity contribution in [1.29, 1.82) is 0 Å². The Hall–Kier alpha value is -0.330. The van der Waals surface area contributed by atoms with Crippen LogP contribution in [-0.4, -0.2) is 5.78 Å². The van der Waals surface area contributed by atoms with Crippen LogP contribution in [0.15, 0.2) is 0 Å². The van der Waals surface area contributed by atoms with E-state index in [1.54, 1.807) is 0 Å². The van der Waals surface area contributed by atoms with Gasteiger partial charge in [-0.25, -0.2) is 0 Å². The molecule has 18 heavy (non-hydrogen) atoms. The molecule has 0 rings (SSSR count). The van der Waals surface area contributed by atoms with Crippen molar-refractivity contribution < 1.29 is 4.79 Å². The summed E-state index contributed by atoms with van der Waals surface area (Å²) in [6.45, 7) is 8.61. The van der Waals surface area contributed by atoms with Crippen LogP contribution >= 0.6 is 0 Å². The Kier molecular flexibility index (Phi) is 21.1. The summed E-state index contributed by atoms with van der Waals surface area (Å²) in [4.78, 5) is 10.6. The van der Waals surface area contributed by atoms with E-state index in [4.69, 9.17) is 0 Å². The molecule has 0 aromatic heterocycles. The van der Waals surface area contributed by atoms with Crippen molar-refractivity contribution in [1.82, 2.24) is 0 Å². The number of hydrogen-bond donors (Lipinski definition) is 0. The summed E-state index contributed by atoms with van der Waals surface area (Å²) >= 11 is 0. The van der Waals surface area contributed by atoms with Gasteiger partial charge in [0.1, 0.15) is 5.78 Å². The molecular weight excluding hydrogens is 220 g/mol. The first-order chi connectivity index (χ1) is 8.72. The van der Waals surface area contributed by atoms with E-state index in [1.807, 2.05) is 13.8 Å². The Balaban J connectivity index is 0. The third-order valence-corrected chi connectivity index (χ3v) is 3.01.